The number of nitrogens with zero attached hydrogens (tertiary/aromatic N) is 1. The second-order valence-electron chi connectivity index (χ2n) is 4.09. The van der Waals surface area contributed by atoms with Gasteiger partial charge in [-0.15, -0.1) is 0 Å². The van der Waals surface area contributed by atoms with Gasteiger partial charge >= 0.3 is 12.0 Å². The number of hydrogen-bond donors (Lipinski definition) is 3. The molecule has 2 aromatic heterocycles. The number of carboxylic acids is 1. The number of thiophene rings is 1. The summed E-state index contributed by atoms with van der Waals surface area (Å²) in [6, 6.07) is 2.59. The van der Waals surface area contributed by atoms with E-state index < -0.39 is 12.0 Å². The molecule has 3 N–H and O–H groups in total. The minimum Gasteiger partial charge on any atom is -0.476 e. The Labute approximate surface area is 119 Å². The molecule has 6 nitrogen and oxygen atoms in total. The zero-order valence-electron chi connectivity index (χ0n) is 10.7. The number of urea groups is 1. The second-order valence-corrected chi connectivity index (χ2v) is 4.84. The monoisotopic (exact) mass is 291 g/mol. The summed E-state index contributed by atoms with van der Waals surface area (Å²) in [6.45, 7) is 2.36. The minimum absolute atomic E-state index is 0.166. The first kappa shape index (κ1) is 14.0. The predicted octanol–water partition coefficient (Wildman–Crippen LogP) is 2.47. The van der Waals surface area contributed by atoms with Crippen LogP contribution >= 0.6 is 11.3 Å². The van der Waals surface area contributed by atoms with Crippen LogP contribution in [0, 0.1) is 6.92 Å². The lowest BCUT2D eigenvalue weighted by molar-refractivity contribution is 0.0692. The normalized spacial score (nSPS) is 10.1. The lowest BCUT2D eigenvalue weighted by Gasteiger charge is -2.09. The first-order valence-corrected chi connectivity index (χ1v) is 6.77. The van der Waals surface area contributed by atoms with Crippen molar-refractivity contribution in [3.05, 3.63) is 45.9 Å². The van der Waals surface area contributed by atoms with Crippen molar-refractivity contribution in [2.24, 2.45) is 0 Å². The first-order valence-electron chi connectivity index (χ1n) is 5.82. The van der Waals surface area contributed by atoms with E-state index in [1.165, 1.54) is 12.3 Å². The third kappa shape index (κ3) is 3.33. The van der Waals surface area contributed by atoms with Crippen LogP contribution in [0.2, 0.25) is 0 Å². The Morgan fingerprint density at radius 1 is 1.40 bits per heavy atom. The summed E-state index contributed by atoms with van der Waals surface area (Å²) in [5, 5.41) is 18.1. The summed E-state index contributed by atoms with van der Waals surface area (Å²) in [7, 11) is 0. The smallest absolute Gasteiger partial charge is 0.356 e. The van der Waals surface area contributed by atoms with E-state index in [4.69, 9.17) is 5.11 Å². The van der Waals surface area contributed by atoms with Gasteiger partial charge in [0, 0.05) is 12.7 Å². The minimum atomic E-state index is -1.19. The van der Waals surface area contributed by atoms with E-state index in [2.05, 4.69) is 15.6 Å². The average molecular weight is 291 g/mol. The molecular weight excluding hydrogens is 278 g/mol. The van der Waals surface area contributed by atoms with Gasteiger partial charge in [-0.3, -0.25) is 0 Å². The van der Waals surface area contributed by atoms with Crippen LogP contribution in [0.1, 0.15) is 21.6 Å². The molecule has 104 valence electrons. The number of anilines is 1. The summed E-state index contributed by atoms with van der Waals surface area (Å²) < 4.78 is 0. The van der Waals surface area contributed by atoms with Gasteiger partial charge in [-0.1, -0.05) is 0 Å². The maximum atomic E-state index is 11.8. The van der Waals surface area contributed by atoms with Crippen molar-refractivity contribution in [3.8, 4) is 0 Å². The second kappa shape index (κ2) is 6.16. The standard InChI is InChI=1S/C13H13N3O3S/c1-8-6-20-7-9(8)5-15-13(19)16-10-3-2-4-14-11(10)12(17)18/h2-4,6-7H,5H2,1H3,(H,17,18)(H2,15,16,19). The van der Waals surface area contributed by atoms with Crippen molar-refractivity contribution in [2.75, 3.05) is 5.32 Å². The molecular formula is C13H13N3O3S. The first-order chi connectivity index (χ1) is 9.58. The van der Waals surface area contributed by atoms with Gasteiger partial charge in [-0.05, 0) is 40.9 Å². The molecule has 0 atom stereocenters. The quantitative estimate of drug-likeness (QED) is 0.807. The topological polar surface area (TPSA) is 91.3 Å². The van der Waals surface area contributed by atoms with Crippen LogP contribution in [0.25, 0.3) is 0 Å². The highest BCUT2D eigenvalue weighted by molar-refractivity contribution is 7.08. The number of aryl methyl sites for hydroxylation is 1. The summed E-state index contributed by atoms with van der Waals surface area (Å²) in [4.78, 5) is 26.4. The number of aromatic nitrogens is 1. The van der Waals surface area contributed by atoms with Gasteiger partial charge < -0.3 is 15.7 Å². The molecule has 0 unspecified atom stereocenters. The van der Waals surface area contributed by atoms with Crippen LogP contribution in [0.4, 0.5) is 10.5 Å². The van der Waals surface area contributed by atoms with E-state index in [1.807, 2.05) is 17.7 Å². The molecule has 2 aromatic rings. The van der Waals surface area contributed by atoms with Gasteiger partial charge in [0.1, 0.15) is 0 Å². The molecule has 0 bridgehead atoms. The van der Waals surface area contributed by atoms with E-state index in [0.29, 0.717) is 6.54 Å². The maximum absolute atomic E-state index is 11.8. The van der Waals surface area contributed by atoms with Gasteiger partial charge in [0.05, 0.1) is 5.69 Å². The molecule has 0 saturated carbocycles. The Morgan fingerprint density at radius 3 is 2.85 bits per heavy atom. The van der Waals surface area contributed by atoms with E-state index >= 15 is 0 Å². The molecule has 2 amide bonds. The molecule has 0 spiro atoms. The third-order valence-corrected chi connectivity index (χ3v) is 3.57. The molecule has 7 heteroatoms. The van der Waals surface area contributed by atoms with Crippen LogP contribution in [-0.4, -0.2) is 22.1 Å². The fourth-order valence-electron chi connectivity index (χ4n) is 1.59. The largest absolute Gasteiger partial charge is 0.476 e. The van der Waals surface area contributed by atoms with E-state index in [0.717, 1.165) is 11.1 Å². The fraction of sp³-hybridized carbons (Fsp3) is 0.154. The number of rotatable bonds is 4. The zero-order chi connectivity index (χ0) is 14.5. The summed E-state index contributed by atoms with van der Waals surface area (Å²) >= 11 is 1.57. The number of carboxylic acid groups (broad SMARTS) is 1. The predicted molar refractivity (Wildman–Crippen MR) is 76.1 cm³/mol. The average Bonchev–Trinajstić information content (AvgIpc) is 2.82. The van der Waals surface area contributed by atoms with E-state index in [1.54, 1.807) is 17.4 Å². The molecule has 20 heavy (non-hydrogen) atoms. The summed E-state index contributed by atoms with van der Waals surface area (Å²) in [6.07, 6.45) is 1.36. The number of pyridine rings is 1. The highest BCUT2D eigenvalue weighted by Crippen LogP contribution is 2.14. The lowest BCUT2D eigenvalue weighted by Crippen LogP contribution is -2.29. The summed E-state index contributed by atoms with van der Waals surface area (Å²) in [5.41, 5.74) is 2.13. The van der Waals surface area contributed by atoms with Crippen molar-refractivity contribution in [2.45, 2.75) is 13.5 Å². The Bertz CT molecular complexity index is 639. The SMILES string of the molecule is Cc1cscc1CNC(=O)Nc1cccnc1C(=O)O. The van der Waals surface area contributed by atoms with Gasteiger partial charge in [0.2, 0.25) is 0 Å². The number of carbonyl (C=O) groups excluding carboxylic acids is 1. The van der Waals surface area contributed by atoms with Crippen LogP contribution in [0.3, 0.4) is 0 Å². The highest BCUT2D eigenvalue weighted by atomic mass is 32.1. The van der Waals surface area contributed by atoms with Crippen molar-refractivity contribution in [3.63, 3.8) is 0 Å². The number of amides is 2. The van der Waals surface area contributed by atoms with Gasteiger partial charge in [-0.25, -0.2) is 14.6 Å². The van der Waals surface area contributed by atoms with Crippen LogP contribution < -0.4 is 10.6 Å². The van der Waals surface area contributed by atoms with E-state index in [9.17, 15) is 9.59 Å². The van der Waals surface area contributed by atoms with Crippen molar-refractivity contribution < 1.29 is 14.7 Å². The van der Waals surface area contributed by atoms with Gasteiger partial charge in [0.15, 0.2) is 5.69 Å². The third-order valence-electron chi connectivity index (χ3n) is 2.66. The zero-order valence-corrected chi connectivity index (χ0v) is 11.5. The molecule has 2 heterocycles. The number of aromatic carboxylic acids is 1. The lowest BCUT2D eigenvalue weighted by atomic mass is 10.2. The Morgan fingerprint density at radius 2 is 2.20 bits per heavy atom. The van der Waals surface area contributed by atoms with Gasteiger partial charge in [-0.2, -0.15) is 11.3 Å². The number of hydrogen-bond acceptors (Lipinski definition) is 4. The molecule has 0 aliphatic carbocycles. The number of carbonyl (C=O) groups is 2. The maximum Gasteiger partial charge on any atom is 0.356 e. The number of nitrogens with one attached hydrogen (secondary N) is 2. The van der Waals surface area contributed by atoms with Crippen LogP contribution in [0.15, 0.2) is 29.1 Å². The Kier molecular flexibility index (Phi) is 4.31. The summed E-state index contributed by atoms with van der Waals surface area (Å²) in [5.74, 6) is -1.19. The van der Waals surface area contributed by atoms with Crippen molar-refractivity contribution >= 4 is 29.0 Å². The van der Waals surface area contributed by atoms with Crippen molar-refractivity contribution in [1.29, 1.82) is 0 Å². The molecule has 0 fully saturated rings. The van der Waals surface area contributed by atoms with E-state index in [-0.39, 0.29) is 11.4 Å². The van der Waals surface area contributed by atoms with Gasteiger partial charge in [0.25, 0.3) is 0 Å². The highest BCUT2D eigenvalue weighted by Gasteiger charge is 2.13. The molecule has 0 radical (unpaired) electrons. The molecule has 0 aliphatic rings. The fourth-order valence-corrected chi connectivity index (χ4v) is 2.44. The molecule has 0 aliphatic heterocycles. The Hall–Kier alpha value is -2.41. The molecule has 2 rings (SSSR count). The van der Waals surface area contributed by atoms with Crippen molar-refractivity contribution in [1.82, 2.24) is 10.3 Å². The Balaban J connectivity index is 1.98. The molecule has 0 aromatic carbocycles. The van der Waals surface area contributed by atoms with Crippen LogP contribution in [0.5, 0.6) is 0 Å². The van der Waals surface area contributed by atoms with Crippen LogP contribution in [-0.2, 0) is 6.54 Å². The molecule has 0 saturated heterocycles.